The molecule has 0 spiro atoms. The molecule has 0 saturated heterocycles. The van der Waals surface area contributed by atoms with Crippen molar-refractivity contribution in [3.05, 3.63) is 65.0 Å². The van der Waals surface area contributed by atoms with E-state index < -0.39 is 11.7 Å². The van der Waals surface area contributed by atoms with Gasteiger partial charge < -0.3 is 10.1 Å². The van der Waals surface area contributed by atoms with Gasteiger partial charge in [0.05, 0.1) is 12.8 Å². The molecular weight excluding hydrogens is 324 g/mol. The van der Waals surface area contributed by atoms with Crippen LogP contribution in [0, 0.1) is 0 Å². The molecule has 120 valence electrons. The minimum atomic E-state index is -0.714. The molecule has 1 aromatic heterocycles. The maximum Gasteiger partial charge on any atom is 0.299 e. The van der Waals surface area contributed by atoms with Crippen LogP contribution in [0.2, 0.25) is 0 Å². The van der Waals surface area contributed by atoms with E-state index >= 15 is 0 Å². The Morgan fingerprint density at radius 1 is 1.04 bits per heavy atom. The van der Waals surface area contributed by atoms with Gasteiger partial charge >= 0.3 is 0 Å². The van der Waals surface area contributed by atoms with Crippen LogP contribution in [0.5, 0.6) is 5.75 Å². The molecule has 5 nitrogen and oxygen atoms in total. The predicted octanol–water partition coefficient (Wildman–Crippen LogP) is 3.64. The van der Waals surface area contributed by atoms with Gasteiger partial charge in [-0.3, -0.25) is 9.59 Å². The Morgan fingerprint density at radius 3 is 2.42 bits per heavy atom. The van der Waals surface area contributed by atoms with Crippen LogP contribution in [-0.2, 0) is 4.79 Å². The normalized spacial score (nSPS) is 10.2. The number of Topliss-reactive ketones (excluding diaryl/α,β-unsaturated/α-hetero) is 1. The van der Waals surface area contributed by atoms with Crippen LogP contribution in [0.15, 0.2) is 60.0 Å². The Labute approximate surface area is 142 Å². The van der Waals surface area contributed by atoms with Gasteiger partial charge in [-0.2, -0.15) is 0 Å². The van der Waals surface area contributed by atoms with E-state index in [-0.39, 0.29) is 5.01 Å². The van der Waals surface area contributed by atoms with Crippen molar-refractivity contribution in [1.82, 2.24) is 4.98 Å². The van der Waals surface area contributed by atoms with Gasteiger partial charge in [0.25, 0.3) is 11.7 Å². The first-order valence-corrected chi connectivity index (χ1v) is 8.06. The van der Waals surface area contributed by atoms with E-state index in [4.69, 9.17) is 4.74 Å². The summed E-state index contributed by atoms with van der Waals surface area (Å²) in [4.78, 5) is 28.6. The van der Waals surface area contributed by atoms with Crippen LogP contribution in [0.4, 0.5) is 5.69 Å². The molecular formula is C18H14N2O3S. The van der Waals surface area contributed by atoms with Crippen LogP contribution >= 0.6 is 11.3 Å². The molecule has 3 rings (SSSR count). The van der Waals surface area contributed by atoms with Crippen LogP contribution in [-0.4, -0.2) is 23.8 Å². The highest BCUT2D eigenvalue weighted by Gasteiger charge is 2.20. The molecule has 1 N–H and O–H groups in total. The molecule has 0 bridgehead atoms. The summed E-state index contributed by atoms with van der Waals surface area (Å²) in [7, 11) is 1.56. The van der Waals surface area contributed by atoms with Crippen molar-refractivity contribution in [2.75, 3.05) is 12.4 Å². The second-order valence-corrected chi connectivity index (χ2v) is 5.77. The summed E-state index contributed by atoms with van der Waals surface area (Å²) in [6.07, 6.45) is 0. The smallest absolute Gasteiger partial charge is 0.299 e. The third-order valence-electron chi connectivity index (χ3n) is 3.32. The molecule has 24 heavy (non-hydrogen) atoms. The van der Waals surface area contributed by atoms with Crippen molar-refractivity contribution < 1.29 is 14.3 Å². The molecule has 0 aliphatic heterocycles. The number of benzene rings is 2. The van der Waals surface area contributed by atoms with Gasteiger partial charge in [0.2, 0.25) is 0 Å². The van der Waals surface area contributed by atoms with Gasteiger partial charge in [-0.05, 0) is 24.3 Å². The number of hydrogen-bond acceptors (Lipinski definition) is 5. The fraction of sp³-hybridized carbons (Fsp3) is 0.0556. The van der Waals surface area contributed by atoms with E-state index in [1.165, 1.54) is 0 Å². The Morgan fingerprint density at radius 2 is 1.75 bits per heavy atom. The van der Waals surface area contributed by atoms with Crippen LogP contribution in [0.1, 0.15) is 9.80 Å². The van der Waals surface area contributed by atoms with Crippen molar-refractivity contribution in [3.8, 4) is 17.0 Å². The average molecular weight is 338 g/mol. The standard InChI is InChI=1S/C18H14N2O3S/c1-23-14-9-7-13(8-10-14)19-17(22)16(21)18-20-15(11-24-18)12-5-3-2-4-6-12/h2-11H,1H3,(H,19,22). The summed E-state index contributed by atoms with van der Waals surface area (Å²) < 4.78 is 5.05. The Kier molecular flexibility index (Phi) is 4.67. The van der Waals surface area contributed by atoms with Crippen LogP contribution < -0.4 is 10.1 Å². The monoisotopic (exact) mass is 338 g/mol. The summed E-state index contributed by atoms with van der Waals surface area (Å²) in [5.74, 6) is -0.695. The van der Waals surface area contributed by atoms with Crippen molar-refractivity contribution in [1.29, 1.82) is 0 Å². The van der Waals surface area contributed by atoms with Gasteiger partial charge in [-0.1, -0.05) is 30.3 Å². The minimum absolute atomic E-state index is 0.167. The highest BCUT2D eigenvalue weighted by molar-refractivity contribution is 7.13. The molecule has 0 aliphatic rings. The number of aromatic nitrogens is 1. The molecule has 0 saturated carbocycles. The average Bonchev–Trinajstić information content (AvgIpc) is 3.12. The number of carbonyl (C=O) groups excluding carboxylic acids is 2. The van der Waals surface area contributed by atoms with E-state index in [1.807, 2.05) is 30.3 Å². The molecule has 0 fully saturated rings. The SMILES string of the molecule is COc1ccc(NC(=O)C(=O)c2nc(-c3ccccc3)cs2)cc1. The highest BCUT2D eigenvalue weighted by atomic mass is 32.1. The zero-order valence-corrected chi connectivity index (χ0v) is 13.7. The lowest BCUT2D eigenvalue weighted by Crippen LogP contribution is -2.22. The van der Waals surface area contributed by atoms with E-state index in [1.54, 1.807) is 36.8 Å². The number of carbonyl (C=O) groups is 2. The predicted molar refractivity (Wildman–Crippen MR) is 93.5 cm³/mol. The summed E-state index contributed by atoms with van der Waals surface area (Å²) in [6, 6.07) is 16.3. The largest absolute Gasteiger partial charge is 0.497 e. The fourth-order valence-corrected chi connectivity index (χ4v) is 2.84. The summed E-state index contributed by atoms with van der Waals surface area (Å²) in [6.45, 7) is 0. The third-order valence-corrected chi connectivity index (χ3v) is 4.16. The maximum atomic E-state index is 12.2. The first-order chi connectivity index (χ1) is 11.7. The molecule has 1 heterocycles. The van der Waals surface area contributed by atoms with Crippen molar-refractivity contribution in [2.45, 2.75) is 0 Å². The second-order valence-electron chi connectivity index (χ2n) is 4.92. The number of methoxy groups -OCH3 is 1. The molecule has 0 radical (unpaired) electrons. The van der Waals surface area contributed by atoms with Crippen LogP contribution in [0.3, 0.4) is 0 Å². The first kappa shape index (κ1) is 15.9. The summed E-state index contributed by atoms with van der Waals surface area (Å²) >= 11 is 1.16. The van der Waals surface area contributed by atoms with Gasteiger partial charge in [0.1, 0.15) is 5.75 Å². The Hall–Kier alpha value is -2.99. The minimum Gasteiger partial charge on any atom is -0.497 e. The van der Waals surface area contributed by atoms with Gasteiger partial charge in [-0.15, -0.1) is 11.3 Å². The number of ether oxygens (including phenoxy) is 1. The number of hydrogen-bond donors (Lipinski definition) is 1. The van der Waals surface area contributed by atoms with E-state index in [9.17, 15) is 9.59 Å². The molecule has 0 aliphatic carbocycles. The lowest BCUT2D eigenvalue weighted by molar-refractivity contribution is -0.112. The summed E-state index contributed by atoms with van der Waals surface area (Å²) in [5, 5.41) is 4.50. The number of nitrogens with zero attached hydrogens (tertiary/aromatic N) is 1. The number of ketones is 1. The topological polar surface area (TPSA) is 68.3 Å². The number of nitrogens with one attached hydrogen (secondary N) is 1. The zero-order valence-electron chi connectivity index (χ0n) is 12.9. The number of anilines is 1. The van der Waals surface area contributed by atoms with Gasteiger partial charge in [-0.25, -0.2) is 4.98 Å². The highest BCUT2D eigenvalue weighted by Crippen LogP contribution is 2.22. The molecule has 0 unspecified atom stereocenters. The lowest BCUT2D eigenvalue weighted by Gasteiger charge is -2.04. The van der Waals surface area contributed by atoms with Crippen molar-refractivity contribution >= 4 is 28.7 Å². The van der Waals surface area contributed by atoms with E-state index in [0.717, 1.165) is 16.9 Å². The van der Waals surface area contributed by atoms with E-state index in [0.29, 0.717) is 17.1 Å². The van der Waals surface area contributed by atoms with Crippen molar-refractivity contribution in [3.63, 3.8) is 0 Å². The number of rotatable bonds is 5. The molecule has 2 aromatic carbocycles. The Bertz CT molecular complexity index is 857. The van der Waals surface area contributed by atoms with Crippen LogP contribution in [0.25, 0.3) is 11.3 Å². The maximum absolute atomic E-state index is 12.2. The quantitative estimate of drug-likeness (QED) is 0.570. The fourth-order valence-electron chi connectivity index (χ4n) is 2.08. The third kappa shape index (κ3) is 3.49. The molecule has 3 aromatic rings. The van der Waals surface area contributed by atoms with E-state index in [2.05, 4.69) is 10.3 Å². The van der Waals surface area contributed by atoms with Crippen molar-refractivity contribution in [2.24, 2.45) is 0 Å². The zero-order chi connectivity index (χ0) is 16.9. The second kappa shape index (κ2) is 7.06. The summed E-state index contributed by atoms with van der Waals surface area (Å²) in [5.41, 5.74) is 2.11. The molecule has 0 atom stereocenters. The number of amides is 1. The van der Waals surface area contributed by atoms with Gasteiger partial charge in [0, 0.05) is 16.6 Å². The molecule has 6 heteroatoms. The first-order valence-electron chi connectivity index (χ1n) is 7.18. The molecule has 1 amide bonds. The Balaban J connectivity index is 1.71. The van der Waals surface area contributed by atoms with Gasteiger partial charge in [0.15, 0.2) is 5.01 Å². The number of thiazole rings is 1. The lowest BCUT2D eigenvalue weighted by atomic mass is 10.2.